The number of fused-ring (bicyclic) bond motifs is 2. The summed E-state index contributed by atoms with van der Waals surface area (Å²) in [6.07, 6.45) is 0. The normalized spacial score (nSPS) is 12.0. The predicted molar refractivity (Wildman–Crippen MR) is 66.3 cm³/mol. The van der Waals surface area contributed by atoms with E-state index >= 15 is 0 Å². The number of rotatable bonds is 0. The summed E-state index contributed by atoms with van der Waals surface area (Å²) in [5.41, 5.74) is 3.78. The Labute approximate surface area is 95.0 Å². The van der Waals surface area contributed by atoms with Gasteiger partial charge >= 0.3 is 0 Å². The zero-order valence-corrected chi connectivity index (χ0v) is 8.51. The van der Waals surface area contributed by atoms with Crippen molar-refractivity contribution < 1.29 is 10.2 Å². The lowest BCUT2D eigenvalue weighted by molar-refractivity contribution is 0.454. The van der Waals surface area contributed by atoms with Crippen LogP contribution in [-0.4, -0.2) is 24.8 Å². The molecule has 0 saturated heterocycles. The number of aromatic hydroxyl groups is 2. The largest absolute Gasteiger partial charge is 0.508 e. The van der Waals surface area contributed by atoms with E-state index in [-0.39, 0.29) is 11.5 Å². The van der Waals surface area contributed by atoms with Gasteiger partial charge in [-0.05, 0) is 11.5 Å². The van der Waals surface area contributed by atoms with Gasteiger partial charge in [0.15, 0.2) is 14.6 Å². The van der Waals surface area contributed by atoms with Crippen molar-refractivity contribution in [2.75, 3.05) is 0 Å². The fourth-order valence-corrected chi connectivity index (χ4v) is 2.02. The minimum Gasteiger partial charge on any atom is -0.508 e. The minimum absolute atomic E-state index is 0.0836. The second-order valence-electron chi connectivity index (χ2n) is 3.89. The van der Waals surface area contributed by atoms with Gasteiger partial charge in [-0.25, -0.2) is 0 Å². The van der Waals surface area contributed by atoms with Crippen LogP contribution in [0, 0.1) is 0 Å². The van der Waals surface area contributed by atoms with Gasteiger partial charge in [-0.2, -0.15) is 0 Å². The number of hydrogen-bond donors (Lipinski definition) is 2. The van der Waals surface area contributed by atoms with Crippen LogP contribution in [0.5, 0.6) is 11.5 Å². The Hall–Kier alpha value is -1.83. The Balaban J connectivity index is 2.15. The van der Waals surface area contributed by atoms with Crippen LogP contribution in [0.15, 0.2) is 36.4 Å². The lowest BCUT2D eigenvalue weighted by atomic mass is 9.43. The lowest BCUT2D eigenvalue weighted by Gasteiger charge is -2.19. The molecule has 0 amide bonds. The first-order valence-electron chi connectivity index (χ1n) is 5.08. The first kappa shape index (κ1) is 9.40. The summed E-state index contributed by atoms with van der Waals surface area (Å²) >= 11 is 0. The standard InChI is InChI=1S/C12H8B2O2/c15-7-5-10-12(11(16)6-7)14-9-4-2-1-3-8(9)13-10/h1-6,15-16H. The summed E-state index contributed by atoms with van der Waals surface area (Å²) in [6.45, 7) is 0. The van der Waals surface area contributed by atoms with Crippen LogP contribution in [0.3, 0.4) is 0 Å². The quantitative estimate of drug-likeness (QED) is 0.449. The van der Waals surface area contributed by atoms with Gasteiger partial charge in [-0.1, -0.05) is 40.7 Å². The molecule has 2 radical (unpaired) electrons. The molecule has 0 spiro atoms. The van der Waals surface area contributed by atoms with E-state index in [1.54, 1.807) is 6.07 Å². The third-order valence-electron chi connectivity index (χ3n) is 2.78. The van der Waals surface area contributed by atoms with E-state index in [1.165, 1.54) is 6.07 Å². The van der Waals surface area contributed by atoms with E-state index in [1.807, 2.05) is 38.8 Å². The van der Waals surface area contributed by atoms with Crippen LogP contribution >= 0.6 is 0 Å². The van der Waals surface area contributed by atoms with E-state index in [2.05, 4.69) is 0 Å². The molecule has 74 valence electrons. The van der Waals surface area contributed by atoms with E-state index < -0.39 is 0 Å². The van der Waals surface area contributed by atoms with Gasteiger partial charge in [-0.15, -0.1) is 0 Å². The van der Waals surface area contributed by atoms with Crippen molar-refractivity contribution in [1.82, 2.24) is 0 Å². The van der Waals surface area contributed by atoms with Crippen LogP contribution in [-0.2, 0) is 0 Å². The molecule has 2 aromatic rings. The first-order chi connectivity index (χ1) is 7.74. The van der Waals surface area contributed by atoms with Gasteiger partial charge in [0.1, 0.15) is 11.5 Å². The fourth-order valence-electron chi connectivity index (χ4n) is 2.02. The highest BCUT2D eigenvalue weighted by Gasteiger charge is 2.20. The van der Waals surface area contributed by atoms with Crippen LogP contribution in [0.25, 0.3) is 0 Å². The number of phenolic OH excluding ortho intramolecular Hbond substituents is 2. The van der Waals surface area contributed by atoms with Crippen molar-refractivity contribution in [3.8, 4) is 11.5 Å². The van der Waals surface area contributed by atoms with Gasteiger partial charge in [0.05, 0.1) is 0 Å². The minimum atomic E-state index is 0.0836. The molecule has 0 atom stereocenters. The molecule has 16 heavy (non-hydrogen) atoms. The third-order valence-corrected chi connectivity index (χ3v) is 2.78. The summed E-state index contributed by atoms with van der Waals surface area (Å²) in [5.74, 6) is 0.195. The maximum Gasteiger partial charge on any atom is 0.194 e. The Kier molecular flexibility index (Phi) is 1.96. The Bertz CT molecular complexity index is 567. The van der Waals surface area contributed by atoms with Crippen LogP contribution in [0.2, 0.25) is 0 Å². The van der Waals surface area contributed by atoms with Crippen molar-refractivity contribution >= 4 is 36.4 Å². The van der Waals surface area contributed by atoms with E-state index in [0.717, 1.165) is 21.9 Å². The van der Waals surface area contributed by atoms with E-state index in [9.17, 15) is 10.2 Å². The molecule has 2 aromatic carbocycles. The maximum atomic E-state index is 9.75. The molecule has 0 aliphatic carbocycles. The summed E-state index contributed by atoms with van der Waals surface area (Å²) < 4.78 is 0. The Morgan fingerprint density at radius 2 is 1.50 bits per heavy atom. The van der Waals surface area contributed by atoms with E-state index in [4.69, 9.17) is 0 Å². The highest BCUT2D eigenvalue weighted by molar-refractivity contribution is 6.87. The second kappa shape index (κ2) is 3.34. The van der Waals surface area contributed by atoms with Gasteiger partial charge < -0.3 is 10.2 Å². The second-order valence-corrected chi connectivity index (χ2v) is 3.89. The van der Waals surface area contributed by atoms with Crippen molar-refractivity contribution in [3.63, 3.8) is 0 Å². The molecular weight excluding hydrogens is 198 g/mol. The molecule has 4 heteroatoms. The molecule has 0 unspecified atom stereocenters. The fraction of sp³-hybridized carbons (Fsp3) is 0. The average molecular weight is 206 g/mol. The summed E-state index contributed by atoms with van der Waals surface area (Å²) in [7, 11) is 3.89. The topological polar surface area (TPSA) is 40.5 Å². The molecule has 3 rings (SSSR count). The summed E-state index contributed by atoms with van der Waals surface area (Å²) in [4.78, 5) is 0. The molecule has 1 aliphatic rings. The molecule has 0 bridgehead atoms. The van der Waals surface area contributed by atoms with Gasteiger partial charge in [0.2, 0.25) is 0 Å². The highest BCUT2D eigenvalue weighted by Crippen LogP contribution is 2.13. The molecular formula is C12H8B2O2. The smallest absolute Gasteiger partial charge is 0.194 e. The number of benzene rings is 2. The summed E-state index contributed by atoms with van der Waals surface area (Å²) in [5, 5.41) is 19.2. The molecule has 1 heterocycles. The van der Waals surface area contributed by atoms with Crippen molar-refractivity contribution in [1.29, 1.82) is 0 Å². The van der Waals surface area contributed by atoms with Crippen molar-refractivity contribution in [2.45, 2.75) is 0 Å². The number of phenols is 2. The SMILES string of the molecule is Oc1cc(O)c2c(c1)[B]c1ccccc1[B]2. The molecule has 1 aliphatic heterocycles. The Morgan fingerprint density at radius 1 is 0.812 bits per heavy atom. The maximum absolute atomic E-state index is 9.75. The van der Waals surface area contributed by atoms with E-state index in [0.29, 0.717) is 0 Å². The van der Waals surface area contributed by atoms with Crippen LogP contribution < -0.4 is 21.9 Å². The number of hydrogen-bond acceptors (Lipinski definition) is 2. The zero-order valence-electron chi connectivity index (χ0n) is 8.51. The average Bonchev–Trinajstić information content (AvgIpc) is 2.27. The van der Waals surface area contributed by atoms with Gasteiger partial charge in [-0.3, -0.25) is 0 Å². The lowest BCUT2D eigenvalue weighted by Crippen LogP contribution is -2.56. The molecule has 2 nitrogen and oxygen atoms in total. The Morgan fingerprint density at radius 3 is 2.25 bits per heavy atom. The van der Waals surface area contributed by atoms with Gasteiger partial charge in [0.25, 0.3) is 0 Å². The van der Waals surface area contributed by atoms with Crippen LogP contribution in [0.4, 0.5) is 0 Å². The predicted octanol–water partition coefficient (Wildman–Crippen LogP) is -1.28. The third kappa shape index (κ3) is 1.38. The molecule has 0 aromatic heterocycles. The first-order valence-corrected chi connectivity index (χ1v) is 5.08. The molecule has 0 saturated carbocycles. The zero-order chi connectivity index (χ0) is 11.1. The molecule has 2 N–H and O–H groups in total. The molecule has 0 fully saturated rings. The summed E-state index contributed by atoms with van der Waals surface area (Å²) in [6, 6.07) is 11.0. The van der Waals surface area contributed by atoms with Gasteiger partial charge in [0, 0.05) is 6.07 Å². The van der Waals surface area contributed by atoms with Crippen LogP contribution in [0.1, 0.15) is 0 Å². The monoisotopic (exact) mass is 206 g/mol. The van der Waals surface area contributed by atoms with Crippen molar-refractivity contribution in [2.24, 2.45) is 0 Å². The van der Waals surface area contributed by atoms with Crippen molar-refractivity contribution in [3.05, 3.63) is 36.4 Å². The highest BCUT2D eigenvalue weighted by atomic mass is 16.3.